The molecule has 0 radical (unpaired) electrons. The minimum Gasteiger partial charge on any atom is -0.394 e. The van der Waals surface area contributed by atoms with Crippen LogP contribution < -0.4 is 5.32 Å². The van der Waals surface area contributed by atoms with E-state index in [2.05, 4.69) is 12.2 Å². The summed E-state index contributed by atoms with van der Waals surface area (Å²) in [5, 5.41) is 119. The lowest BCUT2D eigenvalue weighted by Crippen LogP contribution is -2.66. The standard InChI is InChI=1S/C69H133NO18/c1-3-5-7-8-9-10-11-12-13-14-15-16-17-18-19-20-21-22-23-24-25-26-27-28-29-30-31-32-33-34-35-36-37-38-39-40-41-42-43-45-47-57(75)70-52(53(74)46-44-6-4-2)51-83-67-63(81)60(78)65(55(49-72)85-67)88-69-64(82)61(79)66(56(50-73)86-69)87-68-62(80)59(77)58(76)54(48-71)84-68/h52-56,58-69,71-74,76-82H,3-51H2,1-2H3,(H,70,75). The smallest absolute Gasteiger partial charge is 0.220 e. The molecule has 3 aliphatic heterocycles. The third-order valence-electron chi connectivity index (χ3n) is 18.7. The van der Waals surface area contributed by atoms with Crippen molar-refractivity contribution in [3.8, 4) is 0 Å². The molecule has 17 atom stereocenters. The maximum atomic E-state index is 13.2. The lowest BCUT2D eigenvalue weighted by atomic mass is 9.96. The quantitative estimate of drug-likeness (QED) is 0.0252. The first-order chi connectivity index (χ1) is 42.8. The number of unbranched alkanes of at least 4 members (excludes halogenated alkanes) is 41. The Morgan fingerprint density at radius 2 is 0.648 bits per heavy atom. The Morgan fingerprint density at radius 3 is 0.989 bits per heavy atom. The summed E-state index contributed by atoms with van der Waals surface area (Å²) in [6.07, 6.45) is 31.1. The van der Waals surface area contributed by atoms with Crippen molar-refractivity contribution in [1.82, 2.24) is 5.32 Å². The van der Waals surface area contributed by atoms with Crippen LogP contribution in [0.4, 0.5) is 0 Å². The first-order valence-corrected chi connectivity index (χ1v) is 36.3. The van der Waals surface area contributed by atoms with Crippen LogP contribution in [-0.2, 0) is 33.2 Å². The Kier molecular flexibility index (Phi) is 48.0. The number of amides is 1. The molecule has 522 valence electrons. The molecule has 17 unspecified atom stereocenters. The van der Waals surface area contributed by atoms with Gasteiger partial charge in [0.05, 0.1) is 38.6 Å². The molecule has 19 nitrogen and oxygen atoms in total. The summed E-state index contributed by atoms with van der Waals surface area (Å²) in [6.45, 7) is 1.64. The van der Waals surface area contributed by atoms with Gasteiger partial charge < -0.3 is 89.9 Å². The highest BCUT2D eigenvalue weighted by Crippen LogP contribution is 2.33. The summed E-state index contributed by atoms with van der Waals surface area (Å²) in [6, 6.07) is -0.878. The van der Waals surface area contributed by atoms with E-state index in [1.807, 2.05) is 6.92 Å². The number of aliphatic hydroxyl groups is 11. The van der Waals surface area contributed by atoms with Crippen molar-refractivity contribution >= 4 is 5.91 Å². The molecule has 0 aromatic carbocycles. The summed E-state index contributed by atoms with van der Waals surface area (Å²) in [4.78, 5) is 13.2. The SMILES string of the molecule is CCCCCCCCCCCCCCCCCCCCCCCCCCCCCCCCCCCCCCCCCCC(=O)NC(COC1OC(CO)C(OC2OC(CO)C(OC3OC(CO)C(O)C(O)C3O)C(O)C2O)C(O)C1O)C(O)CCCCC. The fourth-order valence-corrected chi connectivity index (χ4v) is 12.8. The first kappa shape index (κ1) is 81.0. The lowest BCUT2D eigenvalue weighted by Gasteiger charge is -2.48. The van der Waals surface area contributed by atoms with Gasteiger partial charge in [-0.25, -0.2) is 0 Å². The van der Waals surface area contributed by atoms with E-state index in [9.17, 15) is 61.0 Å². The molecule has 0 aromatic rings. The van der Waals surface area contributed by atoms with Gasteiger partial charge in [-0.2, -0.15) is 0 Å². The van der Waals surface area contributed by atoms with Gasteiger partial charge in [0.15, 0.2) is 18.9 Å². The van der Waals surface area contributed by atoms with Crippen LogP contribution in [0, 0.1) is 0 Å². The molecule has 0 saturated carbocycles. The van der Waals surface area contributed by atoms with Gasteiger partial charge in [0.1, 0.15) is 73.2 Å². The molecule has 19 heteroatoms. The van der Waals surface area contributed by atoms with Crippen molar-refractivity contribution in [2.75, 3.05) is 26.4 Å². The Hall–Kier alpha value is -1.21. The van der Waals surface area contributed by atoms with Crippen LogP contribution in [0.15, 0.2) is 0 Å². The van der Waals surface area contributed by atoms with Crippen LogP contribution in [-0.4, -0.2) is 193 Å². The molecule has 88 heavy (non-hydrogen) atoms. The number of hydrogen-bond donors (Lipinski definition) is 12. The van der Waals surface area contributed by atoms with E-state index < -0.39 is 124 Å². The highest BCUT2D eigenvalue weighted by molar-refractivity contribution is 5.76. The van der Waals surface area contributed by atoms with Crippen LogP contribution in [0.5, 0.6) is 0 Å². The van der Waals surface area contributed by atoms with Crippen molar-refractivity contribution in [3.05, 3.63) is 0 Å². The maximum Gasteiger partial charge on any atom is 0.220 e. The second-order valence-corrected chi connectivity index (χ2v) is 26.4. The zero-order chi connectivity index (χ0) is 64.0. The van der Waals surface area contributed by atoms with Gasteiger partial charge in [0.25, 0.3) is 0 Å². The molecule has 3 fully saturated rings. The Balaban J connectivity index is 1.16. The molecule has 3 saturated heterocycles. The normalized spacial score (nSPS) is 28.3. The van der Waals surface area contributed by atoms with Gasteiger partial charge in [-0.3, -0.25) is 4.79 Å². The van der Waals surface area contributed by atoms with E-state index in [4.69, 9.17) is 28.4 Å². The monoisotopic (exact) mass is 1260 g/mol. The molecule has 3 heterocycles. The number of ether oxygens (including phenoxy) is 6. The predicted molar refractivity (Wildman–Crippen MR) is 342 cm³/mol. The Bertz CT molecular complexity index is 1600. The Morgan fingerprint density at radius 1 is 0.364 bits per heavy atom. The second kappa shape index (κ2) is 52.1. The predicted octanol–water partition coefficient (Wildman–Crippen LogP) is 9.89. The first-order valence-electron chi connectivity index (χ1n) is 36.3. The van der Waals surface area contributed by atoms with Gasteiger partial charge in [0.2, 0.25) is 5.91 Å². The molecule has 3 aliphatic rings. The molecule has 3 rings (SSSR count). The summed E-state index contributed by atoms with van der Waals surface area (Å²) in [7, 11) is 0. The average Bonchev–Trinajstić information content (AvgIpc) is 3.70. The molecule has 0 aliphatic carbocycles. The van der Waals surface area contributed by atoms with Gasteiger partial charge in [-0.15, -0.1) is 0 Å². The van der Waals surface area contributed by atoms with E-state index in [1.165, 1.54) is 231 Å². The second-order valence-electron chi connectivity index (χ2n) is 26.4. The van der Waals surface area contributed by atoms with Crippen molar-refractivity contribution in [2.24, 2.45) is 0 Å². The summed E-state index contributed by atoms with van der Waals surface area (Å²) >= 11 is 0. The van der Waals surface area contributed by atoms with E-state index in [0.29, 0.717) is 19.3 Å². The fraction of sp³-hybridized carbons (Fsp3) is 0.986. The maximum absolute atomic E-state index is 13.2. The van der Waals surface area contributed by atoms with Crippen molar-refractivity contribution in [3.63, 3.8) is 0 Å². The fourth-order valence-electron chi connectivity index (χ4n) is 12.8. The number of rotatable bonds is 57. The van der Waals surface area contributed by atoms with Crippen molar-refractivity contribution in [1.29, 1.82) is 0 Å². The highest BCUT2D eigenvalue weighted by atomic mass is 16.8. The van der Waals surface area contributed by atoms with Crippen LogP contribution in [0.1, 0.15) is 303 Å². The third-order valence-corrected chi connectivity index (χ3v) is 18.7. The summed E-state index contributed by atoms with van der Waals surface area (Å²) < 4.78 is 34.1. The zero-order valence-corrected chi connectivity index (χ0v) is 55.2. The minimum atomic E-state index is -1.97. The van der Waals surface area contributed by atoms with E-state index in [1.54, 1.807) is 0 Å². The summed E-state index contributed by atoms with van der Waals surface area (Å²) in [5.41, 5.74) is 0. The topological polar surface area (TPSA) is 307 Å². The van der Waals surface area contributed by atoms with Gasteiger partial charge in [-0.1, -0.05) is 284 Å². The van der Waals surface area contributed by atoms with E-state index in [0.717, 1.165) is 32.1 Å². The van der Waals surface area contributed by atoms with Gasteiger partial charge in [-0.05, 0) is 12.8 Å². The largest absolute Gasteiger partial charge is 0.394 e. The van der Waals surface area contributed by atoms with Gasteiger partial charge >= 0.3 is 0 Å². The molecule has 0 spiro atoms. The number of aliphatic hydroxyl groups excluding tert-OH is 11. The van der Waals surface area contributed by atoms with Crippen LogP contribution in [0.2, 0.25) is 0 Å². The van der Waals surface area contributed by atoms with E-state index >= 15 is 0 Å². The highest BCUT2D eigenvalue weighted by Gasteiger charge is 2.53. The summed E-state index contributed by atoms with van der Waals surface area (Å²) in [5.74, 6) is -0.248. The Labute approximate surface area is 532 Å². The molecule has 0 bridgehead atoms. The minimum absolute atomic E-state index is 0.248. The number of carbonyl (C=O) groups is 1. The van der Waals surface area contributed by atoms with Crippen molar-refractivity contribution < 1.29 is 89.4 Å². The van der Waals surface area contributed by atoms with Crippen LogP contribution in [0.25, 0.3) is 0 Å². The molecular formula is C69H133NO18. The molecule has 1 amide bonds. The average molecular weight is 1260 g/mol. The molecule has 0 aromatic heterocycles. The molecule has 12 N–H and O–H groups in total. The number of carbonyl (C=O) groups excluding carboxylic acids is 1. The van der Waals surface area contributed by atoms with Crippen LogP contribution >= 0.6 is 0 Å². The third kappa shape index (κ3) is 33.8. The van der Waals surface area contributed by atoms with E-state index in [-0.39, 0.29) is 18.9 Å². The lowest BCUT2D eigenvalue weighted by molar-refractivity contribution is -0.379. The zero-order valence-electron chi connectivity index (χ0n) is 55.2. The van der Waals surface area contributed by atoms with Gasteiger partial charge in [0, 0.05) is 6.42 Å². The molecular weight excluding hydrogens is 1130 g/mol. The number of hydrogen-bond acceptors (Lipinski definition) is 18. The van der Waals surface area contributed by atoms with Crippen LogP contribution in [0.3, 0.4) is 0 Å². The van der Waals surface area contributed by atoms with Crippen molar-refractivity contribution in [2.45, 2.75) is 407 Å². The number of nitrogens with one attached hydrogen (secondary N) is 1.